The molecule has 4 heteroatoms. The van der Waals surface area contributed by atoms with E-state index >= 15 is 0 Å². The fourth-order valence-corrected chi connectivity index (χ4v) is 6.80. The van der Waals surface area contributed by atoms with Crippen LogP contribution in [0, 0.1) is 0 Å². The van der Waals surface area contributed by atoms with Crippen LogP contribution < -0.4 is 5.32 Å². The number of allylic oxidation sites excluding steroid dienone is 2. The number of nitrogens with one attached hydrogen (secondary N) is 1. The summed E-state index contributed by atoms with van der Waals surface area (Å²) in [6.45, 7) is 6.50. The third-order valence-electron chi connectivity index (χ3n) is 9.77. The summed E-state index contributed by atoms with van der Waals surface area (Å²) in [6.07, 6.45) is 8.65. The lowest BCUT2D eigenvalue weighted by atomic mass is 10.00. The molecule has 0 aliphatic carbocycles. The Labute approximate surface area is 278 Å². The minimum absolute atomic E-state index is 0.0801. The van der Waals surface area contributed by atoms with Crippen LogP contribution in [0.5, 0.6) is 0 Å². The van der Waals surface area contributed by atoms with Gasteiger partial charge >= 0.3 is 0 Å². The molecule has 3 aliphatic heterocycles. The second kappa shape index (κ2) is 12.2. The van der Waals surface area contributed by atoms with E-state index in [1.165, 1.54) is 55.6 Å². The Morgan fingerprint density at radius 1 is 0.574 bits per heavy atom. The highest BCUT2D eigenvalue weighted by Crippen LogP contribution is 2.54. The maximum Gasteiger partial charge on any atom is 0.150 e. The van der Waals surface area contributed by atoms with E-state index in [9.17, 15) is 0 Å². The van der Waals surface area contributed by atoms with Crippen LogP contribution >= 0.6 is 0 Å². The molecule has 0 radical (unpaired) electrons. The summed E-state index contributed by atoms with van der Waals surface area (Å²) in [7, 11) is 0. The highest BCUT2D eigenvalue weighted by molar-refractivity contribution is 6.01. The molecule has 4 unspecified atom stereocenters. The van der Waals surface area contributed by atoms with Crippen molar-refractivity contribution in [2.75, 3.05) is 0 Å². The van der Waals surface area contributed by atoms with Crippen LogP contribution in [0.3, 0.4) is 0 Å². The molecule has 1 saturated heterocycles. The molecular weight excluding hydrogens is 573 g/mol. The third kappa shape index (κ3) is 5.60. The van der Waals surface area contributed by atoms with E-state index < -0.39 is 0 Å². The summed E-state index contributed by atoms with van der Waals surface area (Å²) >= 11 is 0. The Balaban J connectivity index is 1.09. The Bertz CT molecular complexity index is 1970. The highest BCUT2D eigenvalue weighted by atomic mass is 15.9. The summed E-state index contributed by atoms with van der Waals surface area (Å²) < 4.78 is 0. The van der Waals surface area contributed by atoms with Crippen molar-refractivity contribution >= 4 is 5.84 Å². The molecular formula is C43H40N4. The van der Waals surface area contributed by atoms with Crippen LogP contribution in [0.1, 0.15) is 72.5 Å². The molecule has 0 bridgehead atoms. The van der Waals surface area contributed by atoms with E-state index in [0.717, 1.165) is 24.2 Å². The molecule has 0 amide bonds. The molecule has 8 rings (SSSR count). The Kier molecular flexibility index (Phi) is 7.59. The van der Waals surface area contributed by atoms with Gasteiger partial charge in [0, 0.05) is 11.8 Å². The fraction of sp³-hybridized carbons (Fsp3) is 0.186. The second-order valence-corrected chi connectivity index (χ2v) is 12.8. The maximum atomic E-state index is 5.32. The SMILES string of the molecule is CCc1ccc(-c2ccc(C3N=C(c4ccc(C5C=CC(C)=CN5)cc4)N4C(c5ccc(-c6ccc(CC)cc6)cc5)N34)cc2)cc1. The number of aliphatic imine (C=N–C) groups is 1. The van der Waals surface area contributed by atoms with Crippen LogP contribution in [0.2, 0.25) is 0 Å². The first kappa shape index (κ1) is 29.2. The Morgan fingerprint density at radius 3 is 1.53 bits per heavy atom. The molecule has 5 aromatic rings. The fourth-order valence-electron chi connectivity index (χ4n) is 6.80. The minimum Gasteiger partial charge on any atom is -0.380 e. The Morgan fingerprint density at radius 2 is 1.04 bits per heavy atom. The van der Waals surface area contributed by atoms with Crippen LogP contribution in [0.25, 0.3) is 22.3 Å². The van der Waals surface area contributed by atoms with Gasteiger partial charge in [0.05, 0.1) is 6.04 Å². The molecule has 1 fully saturated rings. The molecule has 47 heavy (non-hydrogen) atoms. The van der Waals surface area contributed by atoms with Gasteiger partial charge in [-0.05, 0) is 75.4 Å². The number of nitrogens with zero attached hydrogens (tertiary/aromatic N) is 3. The number of dihydropyridines is 1. The molecule has 3 aliphatic rings. The van der Waals surface area contributed by atoms with E-state index in [2.05, 4.69) is 176 Å². The Hall–Kier alpha value is -5.19. The third-order valence-corrected chi connectivity index (χ3v) is 9.77. The molecule has 232 valence electrons. The number of amidine groups is 1. The summed E-state index contributed by atoms with van der Waals surface area (Å²) in [5, 5.41) is 8.28. The highest BCUT2D eigenvalue weighted by Gasteiger charge is 2.57. The molecule has 0 saturated carbocycles. The lowest BCUT2D eigenvalue weighted by Gasteiger charge is -2.18. The van der Waals surface area contributed by atoms with Crippen LogP contribution in [0.4, 0.5) is 0 Å². The smallest absolute Gasteiger partial charge is 0.150 e. The summed E-state index contributed by atoms with van der Waals surface area (Å²) in [5.74, 6) is 1.02. The maximum absolute atomic E-state index is 5.32. The van der Waals surface area contributed by atoms with Gasteiger partial charge in [-0.1, -0.05) is 147 Å². The molecule has 0 aromatic heterocycles. The van der Waals surface area contributed by atoms with Gasteiger partial charge in [0.15, 0.2) is 0 Å². The van der Waals surface area contributed by atoms with E-state index in [-0.39, 0.29) is 18.4 Å². The zero-order valence-electron chi connectivity index (χ0n) is 27.3. The average Bonchev–Trinajstić information content (AvgIpc) is 3.75. The van der Waals surface area contributed by atoms with Crippen molar-refractivity contribution in [3.05, 3.63) is 179 Å². The summed E-state index contributed by atoms with van der Waals surface area (Å²) in [5.41, 5.74) is 13.8. The van der Waals surface area contributed by atoms with Crippen molar-refractivity contribution in [3.63, 3.8) is 0 Å². The molecule has 4 atom stereocenters. The zero-order valence-corrected chi connectivity index (χ0v) is 27.3. The number of rotatable bonds is 8. The van der Waals surface area contributed by atoms with E-state index in [4.69, 9.17) is 4.99 Å². The number of hydrogen-bond acceptors (Lipinski definition) is 4. The number of fused-ring (bicyclic) bond motifs is 1. The number of aryl methyl sites for hydroxylation is 2. The van der Waals surface area contributed by atoms with Crippen LogP contribution in [-0.4, -0.2) is 15.9 Å². The van der Waals surface area contributed by atoms with E-state index in [0.29, 0.717) is 0 Å². The first-order chi connectivity index (χ1) is 23.1. The lowest BCUT2D eigenvalue weighted by Crippen LogP contribution is -2.17. The summed E-state index contributed by atoms with van der Waals surface area (Å²) in [6, 6.07) is 44.9. The minimum atomic E-state index is -0.0801. The van der Waals surface area contributed by atoms with Gasteiger partial charge in [-0.3, -0.25) is 5.01 Å². The number of hydrogen-bond donors (Lipinski definition) is 1. The number of benzene rings is 5. The first-order valence-electron chi connectivity index (χ1n) is 16.8. The van der Waals surface area contributed by atoms with Crippen molar-refractivity contribution in [3.8, 4) is 22.3 Å². The van der Waals surface area contributed by atoms with Crippen molar-refractivity contribution in [2.24, 2.45) is 4.99 Å². The van der Waals surface area contributed by atoms with Gasteiger partial charge in [-0.25, -0.2) is 4.99 Å². The van der Waals surface area contributed by atoms with Crippen LogP contribution in [0.15, 0.2) is 150 Å². The first-order valence-corrected chi connectivity index (χ1v) is 16.8. The van der Waals surface area contributed by atoms with Crippen molar-refractivity contribution in [1.82, 2.24) is 15.3 Å². The van der Waals surface area contributed by atoms with Crippen LogP contribution in [-0.2, 0) is 12.8 Å². The lowest BCUT2D eigenvalue weighted by molar-refractivity contribution is 0.341. The van der Waals surface area contributed by atoms with Gasteiger partial charge in [0.1, 0.15) is 18.2 Å². The van der Waals surface area contributed by atoms with Gasteiger partial charge < -0.3 is 5.32 Å². The second-order valence-electron chi connectivity index (χ2n) is 12.8. The van der Waals surface area contributed by atoms with Gasteiger partial charge in [-0.2, -0.15) is 5.01 Å². The topological polar surface area (TPSA) is 30.4 Å². The molecule has 4 nitrogen and oxygen atoms in total. The largest absolute Gasteiger partial charge is 0.380 e. The number of hydrazine groups is 1. The predicted molar refractivity (Wildman–Crippen MR) is 193 cm³/mol. The normalized spacial score (nSPS) is 21.1. The quantitative estimate of drug-likeness (QED) is 0.177. The monoisotopic (exact) mass is 612 g/mol. The summed E-state index contributed by atoms with van der Waals surface area (Å²) in [4.78, 5) is 5.32. The molecule has 0 spiro atoms. The van der Waals surface area contributed by atoms with E-state index in [1.54, 1.807) is 0 Å². The van der Waals surface area contributed by atoms with Gasteiger partial charge in [0.25, 0.3) is 0 Å². The predicted octanol–water partition coefficient (Wildman–Crippen LogP) is 9.94. The van der Waals surface area contributed by atoms with Gasteiger partial charge in [0.2, 0.25) is 0 Å². The molecule has 3 heterocycles. The van der Waals surface area contributed by atoms with E-state index in [1.807, 2.05) is 0 Å². The van der Waals surface area contributed by atoms with Crippen molar-refractivity contribution < 1.29 is 0 Å². The molecule has 5 aromatic carbocycles. The zero-order chi connectivity index (χ0) is 31.9. The van der Waals surface area contributed by atoms with Crippen molar-refractivity contribution in [2.45, 2.75) is 52.0 Å². The van der Waals surface area contributed by atoms with Gasteiger partial charge in [-0.15, -0.1) is 0 Å². The van der Waals surface area contributed by atoms with Crippen molar-refractivity contribution in [1.29, 1.82) is 0 Å². The average molecular weight is 613 g/mol. The molecule has 1 N–H and O–H groups in total. The standard InChI is InChI=1S/C43H40N4/c1-4-30-7-11-32(12-8-30)34-15-21-37(22-16-34)41-45-42(38-23-19-36(20-24-38)40-27-6-29(3)28-44-40)47-43(46(41)47)39-25-17-35(18-26-39)33-13-9-31(5-2)10-14-33/h6-28,40-41,43-44H,4-5H2,1-3H3.